The van der Waals surface area contributed by atoms with Crippen molar-refractivity contribution in [2.75, 3.05) is 25.5 Å². The molecule has 1 aliphatic rings. The second kappa shape index (κ2) is 8.72. The Morgan fingerprint density at radius 3 is 2.71 bits per heavy atom. The number of nitrogens with one attached hydrogen (secondary N) is 1. The molecule has 1 N–H and O–H groups in total. The lowest BCUT2D eigenvalue weighted by Crippen LogP contribution is -2.39. The number of benzene rings is 2. The van der Waals surface area contributed by atoms with Gasteiger partial charge in [0.15, 0.2) is 0 Å². The van der Waals surface area contributed by atoms with E-state index in [1.165, 1.54) is 0 Å². The van der Waals surface area contributed by atoms with Gasteiger partial charge in [-0.3, -0.25) is 4.79 Å². The Morgan fingerprint density at radius 2 is 2.00 bits per heavy atom. The van der Waals surface area contributed by atoms with Gasteiger partial charge >= 0.3 is 0 Å². The predicted molar refractivity (Wildman–Crippen MR) is 119 cm³/mol. The van der Waals surface area contributed by atoms with Crippen LogP contribution in [-0.2, 0) is 21.2 Å². The molecule has 0 aliphatic carbocycles. The van der Waals surface area contributed by atoms with Crippen molar-refractivity contribution in [3.05, 3.63) is 54.3 Å². The lowest BCUT2D eigenvalue weighted by Gasteiger charge is -2.30. The van der Waals surface area contributed by atoms with Crippen LogP contribution in [0, 0.1) is 5.92 Å². The van der Waals surface area contributed by atoms with Gasteiger partial charge in [-0.15, -0.1) is 0 Å². The molecule has 8 heteroatoms. The summed E-state index contributed by atoms with van der Waals surface area (Å²) in [5, 5.41) is 3.64. The van der Waals surface area contributed by atoms with Crippen LogP contribution >= 0.6 is 0 Å². The van der Waals surface area contributed by atoms with E-state index < -0.39 is 10.0 Å². The summed E-state index contributed by atoms with van der Waals surface area (Å²) >= 11 is 0. The first-order valence-electron chi connectivity index (χ1n) is 10.3. The minimum Gasteiger partial charge on any atom is -0.497 e. The average molecular weight is 443 g/mol. The van der Waals surface area contributed by atoms with Crippen LogP contribution in [0.5, 0.6) is 5.75 Å². The maximum atomic E-state index is 12.9. The highest BCUT2D eigenvalue weighted by atomic mass is 32.2. The summed E-state index contributed by atoms with van der Waals surface area (Å²) in [6.07, 6.45) is 3.63. The maximum Gasteiger partial charge on any atom is 0.243 e. The minimum atomic E-state index is -3.52. The SMILES string of the molecule is COc1ccc2occ(CC(=O)Nc3ccc(S(=O)(=O)N4CCCC(C)C4)cc3)c2c1. The van der Waals surface area contributed by atoms with Crippen LogP contribution in [0.3, 0.4) is 0 Å². The van der Waals surface area contributed by atoms with E-state index in [4.69, 9.17) is 9.15 Å². The van der Waals surface area contributed by atoms with Gasteiger partial charge in [-0.1, -0.05) is 6.92 Å². The molecule has 1 saturated heterocycles. The number of rotatable bonds is 6. The van der Waals surface area contributed by atoms with E-state index in [1.54, 1.807) is 54.1 Å². The third kappa shape index (κ3) is 4.60. The Morgan fingerprint density at radius 1 is 1.23 bits per heavy atom. The summed E-state index contributed by atoms with van der Waals surface area (Å²) in [5.74, 6) is 0.836. The van der Waals surface area contributed by atoms with Crippen LogP contribution < -0.4 is 10.1 Å². The summed E-state index contributed by atoms with van der Waals surface area (Å²) in [7, 11) is -1.93. The zero-order chi connectivity index (χ0) is 22.0. The van der Waals surface area contributed by atoms with Gasteiger partial charge in [0.2, 0.25) is 15.9 Å². The lowest BCUT2D eigenvalue weighted by atomic mass is 10.0. The zero-order valence-electron chi connectivity index (χ0n) is 17.6. The number of carbonyl (C=O) groups excluding carboxylic acids is 1. The molecule has 0 bridgehead atoms. The molecule has 0 radical (unpaired) electrons. The number of nitrogens with zero attached hydrogens (tertiary/aromatic N) is 1. The second-order valence-electron chi connectivity index (χ2n) is 7.98. The normalized spacial score (nSPS) is 17.5. The molecule has 1 unspecified atom stereocenters. The first-order chi connectivity index (χ1) is 14.9. The Bertz CT molecular complexity index is 1180. The predicted octanol–water partition coefficient (Wildman–Crippen LogP) is 4.04. The average Bonchev–Trinajstić information content (AvgIpc) is 3.15. The standard InChI is InChI=1S/C23H26N2O5S/c1-16-4-3-11-25(14-16)31(27,28)20-8-5-18(6-9-20)24-23(26)12-17-15-30-22-10-7-19(29-2)13-21(17)22/h5-10,13,15-16H,3-4,11-12,14H2,1-2H3,(H,24,26). The van der Waals surface area contributed by atoms with E-state index >= 15 is 0 Å². The van der Waals surface area contributed by atoms with Crippen molar-refractivity contribution in [1.82, 2.24) is 4.31 Å². The van der Waals surface area contributed by atoms with Gasteiger partial charge < -0.3 is 14.5 Å². The first kappa shape index (κ1) is 21.4. The van der Waals surface area contributed by atoms with Crippen LogP contribution in [0.25, 0.3) is 11.0 Å². The largest absolute Gasteiger partial charge is 0.497 e. The fraction of sp³-hybridized carbons (Fsp3) is 0.348. The Labute approximate surface area is 182 Å². The number of ether oxygens (including phenoxy) is 1. The quantitative estimate of drug-likeness (QED) is 0.622. The van der Waals surface area contributed by atoms with E-state index in [9.17, 15) is 13.2 Å². The molecule has 3 aromatic rings. The summed E-state index contributed by atoms with van der Waals surface area (Å²) in [4.78, 5) is 12.8. The van der Waals surface area contributed by atoms with Gasteiger partial charge in [0.1, 0.15) is 11.3 Å². The molecule has 4 rings (SSSR count). The van der Waals surface area contributed by atoms with E-state index in [2.05, 4.69) is 12.2 Å². The highest BCUT2D eigenvalue weighted by Crippen LogP contribution is 2.27. The van der Waals surface area contributed by atoms with Crippen molar-refractivity contribution in [3.63, 3.8) is 0 Å². The van der Waals surface area contributed by atoms with E-state index in [-0.39, 0.29) is 17.2 Å². The molecule has 1 aliphatic heterocycles. The smallest absolute Gasteiger partial charge is 0.243 e. The van der Waals surface area contributed by atoms with Crippen molar-refractivity contribution in [1.29, 1.82) is 0 Å². The highest BCUT2D eigenvalue weighted by Gasteiger charge is 2.28. The third-order valence-corrected chi connectivity index (χ3v) is 7.49. The van der Waals surface area contributed by atoms with Gasteiger partial charge in [0.05, 0.1) is 24.7 Å². The molecule has 31 heavy (non-hydrogen) atoms. The summed E-state index contributed by atoms with van der Waals surface area (Å²) < 4.78 is 38.0. The summed E-state index contributed by atoms with van der Waals surface area (Å²) in [6.45, 7) is 3.17. The molecule has 1 amide bonds. The van der Waals surface area contributed by atoms with Crippen LogP contribution in [-0.4, -0.2) is 38.8 Å². The highest BCUT2D eigenvalue weighted by molar-refractivity contribution is 7.89. The number of hydrogen-bond acceptors (Lipinski definition) is 5. The molecule has 164 valence electrons. The van der Waals surface area contributed by atoms with Gasteiger partial charge in [-0.2, -0.15) is 4.31 Å². The number of amides is 1. The van der Waals surface area contributed by atoms with Crippen molar-refractivity contribution in [2.45, 2.75) is 31.1 Å². The van der Waals surface area contributed by atoms with Gasteiger partial charge in [-0.05, 0) is 61.2 Å². The Kier molecular flexibility index (Phi) is 6.02. The van der Waals surface area contributed by atoms with Crippen molar-refractivity contribution >= 4 is 32.6 Å². The topological polar surface area (TPSA) is 88.8 Å². The second-order valence-corrected chi connectivity index (χ2v) is 9.92. The molecule has 1 fully saturated rings. The minimum absolute atomic E-state index is 0.131. The number of anilines is 1. The Hall–Kier alpha value is -2.84. The maximum absolute atomic E-state index is 12.9. The molecular formula is C23H26N2O5S. The van der Waals surface area contributed by atoms with Crippen LogP contribution in [0.2, 0.25) is 0 Å². The van der Waals surface area contributed by atoms with E-state index in [0.717, 1.165) is 23.8 Å². The third-order valence-electron chi connectivity index (χ3n) is 5.61. The van der Waals surface area contributed by atoms with Crippen molar-refractivity contribution in [3.8, 4) is 5.75 Å². The van der Waals surface area contributed by atoms with Crippen LogP contribution in [0.15, 0.2) is 58.0 Å². The van der Waals surface area contributed by atoms with Crippen LogP contribution in [0.1, 0.15) is 25.3 Å². The lowest BCUT2D eigenvalue weighted by molar-refractivity contribution is -0.115. The van der Waals surface area contributed by atoms with E-state index in [0.29, 0.717) is 36.0 Å². The molecule has 2 aromatic carbocycles. The molecule has 0 spiro atoms. The zero-order valence-corrected chi connectivity index (χ0v) is 18.4. The number of fused-ring (bicyclic) bond motifs is 1. The van der Waals surface area contributed by atoms with Gasteiger partial charge in [0.25, 0.3) is 0 Å². The van der Waals surface area contributed by atoms with Gasteiger partial charge in [0, 0.05) is 29.7 Å². The number of piperidine rings is 1. The molecule has 1 atom stereocenters. The van der Waals surface area contributed by atoms with Crippen molar-refractivity contribution < 1.29 is 22.4 Å². The first-order valence-corrected chi connectivity index (χ1v) is 11.7. The van der Waals surface area contributed by atoms with Gasteiger partial charge in [-0.25, -0.2) is 8.42 Å². The number of carbonyl (C=O) groups is 1. The molecular weight excluding hydrogens is 416 g/mol. The number of methoxy groups -OCH3 is 1. The monoisotopic (exact) mass is 442 g/mol. The fourth-order valence-corrected chi connectivity index (χ4v) is 5.53. The van der Waals surface area contributed by atoms with Crippen molar-refractivity contribution in [2.24, 2.45) is 5.92 Å². The van der Waals surface area contributed by atoms with E-state index in [1.807, 2.05) is 6.07 Å². The summed E-state index contributed by atoms with van der Waals surface area (Å²) in [5.41, 5.74) is 1.98. The number of sulfonamides is 1. The number of hydrogen-bond donors (Lipinski definition) is 1. The van der Waals surface area contributed by atoms with Crippen LogP contribution in [0.4, 0.5) is 5.69 Å². The molecule has 7 nitrogen and oxygen atoms in total. The molecule has 2 heterocycles. The Balaban J connectivity index is 1.44. The molecule has 0 saturated carbocycles. The fourth-order valence-electron chi connectivity index (χ4n) is 3.93. The number of furan rings is 1. The summed E-state index contributed by atoms with van der Waals surface area (Å²) in [6, 6.07) is 11.8. The molecule has 1 aromatic heterocycles.